The number of nitrogens with one attached hydrogen (secondary N) is 1. The molecule has 128 valence electrons. The number of fused-ring (bicyclic) bond motifs is 1. The van der Waals surface area contributed by atoms with Crippen molar-refractivity contribution in [3.05, 3.63) is 47.8 Å². The predicted octanol–water partition coefficient (Wildman–Crippen LogP) is 3.89. The van der Waals surface area contributed by atoms with Gasteiger partial charge >= 0.3 is 5.97 Å². The Hall–Kier alpha value is -2.23. The summed E-state index contributed by atoms with van der Waals surface area (Å²) in [6.07, 6.45) is 8.27. The van der Waals surface area contributed by atoms with Gasteiger partial charge in [-0.1, -0.05) is 31.5 Å². The lowest BCUT2D eigenvalue weighted by atomic mass is 9.89. The minimum atomic E-state index is -0.176. The molecule has 24 heavy (non-hydrogen) atoms. The van der Waals surface area contributed by atoms with Crippen LogP contribution in [0, 0.1) is 5.92 Å². The molecule has 0 saturated carbocycles. The number of carbonyl (C=O) groups is 1. The van der Waals surface area contributed by atoms with Crippen LogP contribution in [-0.4, -0.2) is 36.1 Å². The van der Waals surface area contributed by atoms with Crippen LogP contribution >= 0.6 is 0 Å². The molecule has 1 unspecified atom stereocenters. The molecule has 0 amide bonds. The molecule has 1 aliphatic rings. The van der Waals surface area contributed by atoms with Crippen LogP contribution in [0.3, 0.4) is 0 Å². The summed E-state index contributed by atoms with van der Waals surface area (Å²) in [6, 6.07) is 8.38. The van der Waals surface area contributed by atoms with Gasteiger partial charge in [-0.05, 0) is 36.8 Å². The molecule has 1 aliphatic heterocycles. The lowest BCUT2D eigenvalue weighted by Crippen LogP contribution is -2.32. The molecule has 1 aromatic carbocycles. The lowest BCUT2D eigenvalue weighted by molar-refractivity contribution is -0.137. The van der Waals surface area contributed by atoms with Gasteiger partial charge in [-0.2, -0.15) is 0 Å². The number of H-pyrrole nitrogens is 1. The Morgan fingerprint density at radius 1 is 1.38 bits per heavy atom. The summed E-state index contributed by atoms with van der Waals surface area (Å²) in [6.45, 7) is 4.09. The molecule has 1 atom stereocenters. The summed E-state index contributed by atoms with van der Waals surface area (Å²) in [7, 11) is 1.47. The zero-order chi connectivity index (χ0) is 16.9. The van der Waals surface area contributed by atoms with E-state index in [1.165, 1.54) is 23.6 Å². The second kappa shape index (κ2) is 7.56. The number of aromatic nitrogens is 1. The van der Waals surface area contributed by atoms with E-state index >= 15 is 0 Å². The molecule has 0 spiro atoms. The van der Waals surface area contributed by atoms with E-state index in [-0.39, 0.29) is 5.97 Å². The number of para-hydroxylation sites is 1. The highest BCUT2D eigenvalue weighted by Gasteiger charge is 2.26. The Labute approximate surface area is 143 Å². The highest BCUT2D eigenvalue weighted by atomic mass is 16.5. The van der Waals surface area contributed by atoms with E-state index in [1.54, 1.807) is 0 Å². The molecule has 4 heteroatoms. The van der Waals surface area contributed by atoms with Crippen molar-refractivity contribution in [1.29, 1.82) is 0 Å². The van der Waals surface area contributed by atoms with Gasteiger partial charge in [0.15, 0.2) is 0 Å². The number of nitrogens with zero attached hydrogens (tertiary/aromatic N) is 1. The van der Waals surface area contributed by atoms with Crippen LogP contribution in [0.1, 0.15) is 31.7 Å². The van der Waals surface area contributed by atoms with Crippen molar-refractivity contribution in [3.63, 3.8) is 0 Å². The monoisotopic (exact) mass is 326 g/mol. The highest BCUT2D eigenvalue weighted by molar-refractivity contribution is 5.89. The third-order valence-electron chi connectivity index (χ3n) is 4.93. The second-order valence-electron chi connectivity index (χ2n) is 6.50. The Bertz CT molecular complexity index is 732. The van der Waals surface area contributed by atoms with Gasteiger partial charge in [0.1, 0.15) is 0 Å². The first-order valence-corrected chi connectivity index (χ1v) is 8.82. The molecule has 0 saturated heterocycles. The maximum Gasteiger partial charge on any atom is 0.335 e. The van der Waals surface area contributed by atoms with Crippen molar-refractivity contribution in [2.75, 3.05) is 20.2 Å². The van der Waals surface area contributed by atoms with Crippen molar-refractivity contribution in [1.82, 2.24) is 9.88 Å². The predicted molar refractivity (Wildman–Crippen MR) is 96.7 cm³/mol. The van der Waals surface area contributed by atoms with Crippen LogP contribution in [-0.2, 0) is 16.0 Å². The summed E-state index contributed by atoms with van der Waals surface area (Å²) >= 11 is 0. The zero-order valence-electron chi connectivity index (χ0n) is 14.5. The Balaban J connectivity index is 1.70. The van der Waals surface area contributed by atoms with Crippen molar-refractivity contribution in [2.45, 2.75) is 32.6 Å². The molecule has 0 fully saturated rings. The summed E-state index contributed by atoms with van der Waals surface area (Å²) < 4.78 is 4.98. The van der Waals surface area contributed by atoms with Crippen LogP contribution < -0.4 is 0 Å². The molecule has 0 aliphatic carbocycles. The van der Waals surface area contributed by atoms with Crippen LogP contribution in [0.15, 0.2) is 42.2 Å². The third kappa shape index (κ3) is 3.48. The Morgan fingerprint density at radius 2 is 2.21 bits per heavy atom. The molecule has 3 rings (SSSR count). The summed E-state index contributed by atoms with van der Waals surface area (Å²) in [4.78, 5) is 17.7. The number of hydrogen-bond donors (Lipinski definition) is 1. The molecule has 0 bridgehead atoms. The first-order valence-electron chi connectivity index (χ1n) is 8.82. The minimum absolute atomic E-state index is 0.176. The summed E-state index contributed by atoms with van der Waals surface area (Å²) in [5, 5.41) is 1.29. The van der Waals surface area contributed by atoms with Crippen LogP contribution in [0.25, 0.3) is 10.9 Å². The SMILES string of the molecule is CCCC1CCN(CCc2c[nH]c3ccccc23)C=C1C(=O)OC. The van der Waals surface area contributed by atoms with Crippen LogP contribution in [0.2, 0.25) is 0 Å². The molecule has 4 nitrogen and oxygen atoms in total. The van der Waals surface area contributed by atoms with E-state index in [0.29, 0.717) is 5.92 Å². The van der Waals surface area contributed by atoms with Crippen LogP contribution in [0.4, 0.5) is 0 Å². The largest absolute Gasteiger partial charge is 0.466 e. The fourth-order valence-electron chi connectivity index (χ4n) is 3.61. The number of aromatic amines is 1. The lowest BCUT2D eigenvalue weighted by Gasteiger charge is -2.31. The number of carbonyl (C=O) groups excluding carboxylic acids is 1. The Kier molecular flexibility index (Phi) is 5.24. The van der Waals surface area contributed by atoms with E-state index in [1.807, 2.05) is 12.3 Å². The van der Waals surface area contributed by atoms with Gasteiger partial charge in [0.05, 0.1) is 12.7 Å². The molecular formula is C20H26N2O2. The number of methoxy groups -OCH3 is 1. The Morgan fingerprint density at radius 3 is 3.00 bits per heavy atom. The quantitative estimate of drug-likeness (QED) is 0.819. The van der Waals surface area contributed by atoms with Gasteiger partial charge in [0, 0.05) is 36.4 Å². The summed E-state index contributed by atoms with van der Waals surface area (Å²) in [5.41, 5.74) is 3.35. The fourth-order valence-corrected chi connectivity index (χ4v) is 3.61. The number of rotatable bonds is 6. The van der Waals surface area contributed by atoms with Gasteiger partial charge in [0.25, 0.3) is 0 Å². The molecule has 0 radical (unpaired) electrons. The van der Waals surface area contributed by atoms with Crippen molar-refractivity contribution in [2.24, 2.45) is 5.92 Å². The van der Waals surface area contributed by atoms with E-state index in [4.69, 9.17) is 4.74 Å². The maximum absolute atomic E-state index is 12.1. The molecule has 2 aromatic rings. The number of esters is 1. The van der Waals surface area contributed by atoms with E-state index in [2.05, 4.69) is 41.2 Å². The summed E-state index contributed by atoms with van der Waals surface area (Å²) in [5.74, 6) is 0.164. The zero-order valence-corrected chi connectivity index (χ0v) is 14.5. The second-order valence-corrected chi connectivity index (χ2v) is 6.50. The molecule has 2 heterocycles. The average molecular weight is 326 g/mol. The number of ether oxygens (including phenoxy) is 1. The van der Waals surface area contributed by atoms with E-state index < -0.39 is 0 Å². The fraction of sp³-hybridized carbons (Fsp3) is 0.450. The van der Waals surface area contributed by atoms with Crippen molar-refractivity contribution in [3.8, 4) is 0 Å². The first kappa shape index (κ1) is 16.6. The third-order valence-corrected chi connectivity index (χ3v) is 4.93. The standard InChI is InChI=1S/C20H26N2O2/c1-3-6-15-9-11-22(14-18(15)20(23)24-2)12-10-16-13-21-19-8-5-4-7-17(16)19/h4-5,7-8,13-15,21H,3,6,9-12H2,1-2H3. The van der Waals surface area contributed by atoms with Gasteiger partial charge in [-0.3, -0.25) is 0 Å². The number of hydrogen-bond acceptors (Lipinski definition) is 3. The van der Waals surface area contributed by atoms with Crippen LogP contribution in [0.5, 0.6) is 0 Å². The van der Waals surface area contributed by atoms with Crippen molar-refractivity contribution >= 4 is 16.9 Å². The van der Waals surface area contributed by atoms with Gasteiger partial charge in [-0.25, -0.2) is 4.79 Å². The van der Waals surface area contributed by atoms with Gasteiger partial charge in [0.2, 0.25) is 0 Å². The van der Waals surface area contributed by atoms with Gasteiger partial charge in [-0.15, -0.1) is 0 Å². The molecular weight excluding hydrogens is 300 g/mol. The normalized spacial score (nSPS) is 17.8. The first-order chi connectivity index (χ1) is 11.7. The topological polar surface area (TPSA) is 45.3 Å². The van der Waals surface area contributed by atoms with Crippen molar-refractivity contribution < 1.29 is 9.53 Å². The maximum atomic E-state index is 12.1. The average Bonchev–Trinajstić information content (AvgIpc) is 3.03. The minimum Gasteiger partial charge on any atom is -0.466 e. The van der Waals surface area contributed by atoms with E-state index in [0.717, 1.165) is 44.3 Å². The van der Waals surface area contributed by atoms with E-state index in [9.17, 15) is 4.79 Å². The molecule has 1 aromatic heterocycles. The number of benzene rings is 1. The smallest absolute Gasteiger partial charge is 0.335 e. The van der Waals surface area contributed by atoms with Gasteiger partial charge < -0.3 is 14.6 Å². The highest BCUT2D eigenvalue weighted by Crippen LogP contribution is 2.28. The molecule has 1 N–H and O–H groups in total.